The summed E-state index contributed by atoms with van der Waals surface area (Å²) in [6.45, 7) is 3.59. The van der Waals surface area contributed by atoms with Crippen LogP contribution in [0.5, 0.6) is 0 Å². The zero-order chi connectivity index (χ0) is 23.7. The number of pyridine rings is 1. The highest BCUT2D eigenvalue weighted by molar-refractivity contribution is 7.82. The summed E-state index contributed by atoms with van der Waals surface area (Å²) in [5.41, 5.74) is 3.44. The maximum absolute atomic E-state index is 12.9. The number of methoxy groups -OCH3 is 1. The average molecular weight is 481 g/mol. The molecule has 11 heteroatoms. The van der Waals surface area contributed by atoms with E-state index in [4.69, 9.17) is 9.26 Å². The fraction of sp³-hybridized carbons (Fsp3) is 0.304. The van der Waals surface area contributed by atoms with Crippen LogP contribution in [-0.4, -0.2) is 66.5 Å². The van der Waals surface area contributed by atoms with Gasteiger partial charge in [0.25, 0.3) is 5.91 Å². The van der Waals surface area contributed by atoms with E-state index in [0.717, 1.165) is 11.1 Å². The Morgan fingerprint density at radius 3 is 2.97 bits per heavy atom. The van der Waals surface area contributed by atoms with Crippen molar-refractivity contribution in [3.8, 4) is 11.4 Å². The molecule has 0 saturated carbocycles. The van der Waals surface area contributed by atoms with Crippen molar-refractivity contribution in [2.24, 2.45) is 0 Å². The fourth-order valence-electron chi connectivity index (χ4n) is 3.75. The van der Waals surface area contributed by atoms with E-state index >= 15 is 0 Å². The molecule has 0 bridgehead atoms. The number of aromatic nitrogens is 4. The van der Waals surface area contributed by atoms with Crippen molar-refractivity contribution in [3.63, 3.8) is 0 Å². The molecule has 0 spiro atoms. The summed E-state index contributed by atoms with van der Waals surface area (Å²) < 4.78 is 26.2. The van der Waals surface area contributed by atoms with Crippen LogP contribution < -0.4 is 5.32 Å². The zero-order valence-electron chi connectivity index (χ0n) is 18.8. The van der Waals surface area contributed by atoms with Crippen molar-refractivity contribution >= 4 is 28.2 Å². The van der Waals surface area contributed by atoms with E-state index in [1.165, 1.54) is 0 Å². The van der Waals surface area contributed by atoms with Crippen molar-refractivity contribution in [3.05, 3.63) is 65.9 Å². The molecule has 0 aliphatic carbocycles. The molecule has 1 fully saturated rings. The molecule has 4 aromatic rings. The second-order valence-corrected chi connectivity index (χ2v) is 9.64. The molecule has 1 N–H and O–H groups in total. The lowest BCUT2D eigenvalue weighted by Crippen LogP contribution is -2.46. The Balaban J connectivity index is 1.29. The summed E-state index contributed by atoms with van der Waals surface area (Å²) >= 11 is 0. The number of ether oxygens (including phenoxy) is 1. The van der Waals surface area contributed by atoms with Gasteiger partial charge in [-0.15, -0.1) is 0 Å². The van der Waals surface area contributed by atoms with Crippen LogP contribution in [0.15, 0.2) is 53.3 Å². The second-order valence-electron chi connectivity index (χ2n) is 8.07. The van der Waals surface area contributed by atoms with Gasteiger partial charge < -0.3 is 14.6 Å². The lowest BCUT2D eigenvalue weighted by molar-refractivity contribution is 0.102. The van der Waals surface area contributed by atoms with Gasteiger partial charge >= 0.3 is 0 Å². The third-order valence-corrected chi connectivity index (χ3v) is 7.17. The molecule has 10 nitrogen and oxygen atoms in total. The van der Waals surface area contributed by atoms with E-state index in [0.29, 0.717) is 54.2 Å². The van der Waals surface area contributed by atoms with Crippen LogP contribution in [0.2, 0.25) is 0 Å². The highest BCUT2D eigenvalue weighted by Crippen LogP contribution is 2.30. The Kier molecular flexibility index (Phi) is 6.22. The molecule has 1 aromatic carbocycles. The van der Waals surface area contributed by atoms with Gasteiger partial charge in [-0.05, 0) is 30.7 Å². The van der Waals surface area contributed by atoms with Gasteiger partial charge in [0.05, 0.1) is 35.5 Å². The van der Waals surface area contributed by atoms with Crippen molar-refractivity contribution in [2.45, 2.75) is 12.8 Å². The number of anilines is 1. The van der Waals surface area contributed by atoms with Crippen molar-refractivity contribution in [1.29, 1.82) is 0 Å². The first kappa shape index (κ1) is 22.4. The van der Waals surface area contributed by atoms with Crippen LogP contribution in [-0.2, 0) is 15.7 Å². The number of amides is 1. The van der Waals surface area contributed by atoms with Gasteiger partial charge in [-0.25, -0.2) is 13.5 Å². The highest BCUT2D eigenvalue weighted by atomic mass is 32.2. The molecule has 176 valence electrons. The smallest absolute Gasteiger partial charge is 0.274 e. The molecular weight excluding hydrogens is 456 g/mol. The van der Waals surface area contributed by atoms with E-state index in [1.54, 1.807) is 23.9 Å². The summed E-state index contributed by atoms with van der Waals surface area (Å²) in [5, 5.41) is 7.09. The summed E-state index contributed by atoms with van der Waals surface area (Å²) in [4.78, 5) is 21.7. The Bertz CT molecular complexity index is 1360. The summed E-state index contributed by atoms with van der Waals surface area (Å²) in [5.74, 6) is 1.23. The molecule has 1 amide bonds. The Morgan fingerprint density at radius 2 is 2.15 bits per heavy atom. The quantitative estimate of drug-likeness (QED) is 0.412. The topological polar surface area (TPSA) is 115 Å². The Hall–Kier alpha value is -3.41. The summed E-state index contributed by atoms with van der Waals surface area (Å²) in [7, 11) is 0.532. The SMILES string of the molecule is COCCS(=O)N1CC(c2nc(-c3ccc(C)c(NC(=O)c4cnc5ccccn45)c3)no2)C1. The van der Waals surface area contributed by atoms with E-state index in [1.807, 2.05) is 47.6 Å². The zero-order valence-corrected chi connectivity index (χ0v) is 19.6. The molecule has 1 unspecified atom stereocenters. The van der Waals surface area contributed by atoms with Crippen LogP contribution >= 0.6 is 0 Å². The number of nitrogens with one attached hydrogen (secondary N) is 1. The molecule has 0 radical (unpaired) electrons. The van der Waals surface area contributed by atoms with Gasteiger partial charge in [-0.1, -0.05) is 23.4 Å². The van der Waals surface area contributed by atoms with Crippen LogP contribution in [0, 0.1) is 6.92 Å². The molecule has 1 saturated heterocycles. The third kappa shape index (κ3) is 4.37. The first-order valence-electron chi connectivity index (χ1n) is 10.8. The number of imidazole rings is 1. The number of rotatable bonds is 8. The number of benzene rings is 1. The van der Waals surface area contributed by atoms with Gasteiger partial charge in [0.1, 0.15) is 11.3 Å². The van der Waals surface area contributed by atoms with Crippen molar-refractivity contribution in [2.75, 3.05) is 37.9 Å². The maximum atomic E-state index is 12.9. The van der Waals surface area contributed by atoms with Crippen molar-refractivity contribution in [1.82, 2.24) is 23.8 Å². The number of carbonyl (C=O) groups is 1. The largest absolute Gasteiger partial charge is 0.384 e. The standard InChI is InChI=1S/C23H24N6O4S/c1-15-6-7-16(11-18(15)25-22(30)19-12-24-20-5-3-4-8-29(19)20)21-26-23(33-27-21)17-13-28(14-17)34(31)10-9-32-2/h3-8,11-12,17H,9-10,13-14H2,1-2H3,(H,25,30). The van der Waals surface area contributed by atoms with Gasteiger partial charge in [0.15, 0.2) is 0 Å². The van der Waals surface area contributed by atoms with Gasteiger partial charge in [-0.3, -0.25) is 9.20 Å². The molecule has 1 aliphatic rings. The van der Waals surface area contributed by atoms with E-state index < -0.39 is 11.0 Å². The Morgan fingerprint density at radius 1 is 1.29 bits per heavy atom. The number of hydrogen-bond acceptors (Lipinski definition) is 7. The minimum Gasteiger partial charge on any atom is -0.384 e. The van der Waals surface area contributed by atoms with Gasteiger partial charge in [0.2, 0.25) is 11.7 Å². The van der Waals surface area contributed by atoms with Gasteiger partial charge in [-0.2, -0.15) is 4.98 Å². The van der Waals surface area contributed by atoms with Crippen LogP contribution in [0.4, 0.5) is 5.69 Å². The van der Waals surface area contributed by atoms with E-state index in [2.05, 4.69) is 20.4 Å². The molecule has 3 aromatic heterocycles. The lowest BCUT2D eigenvalue weighted by Gasteiger charge is -2.35. The number of carbonyl (C=O) groups excluding carboxylic acids is 1. The van der Waals surface area contributed by atoms with Crippen LogP contribution in [0.3, 0.4) is 0 Å². The first-order chi connectivity index (χ1) is 16.5. The molecule has 34 heavy (non-hydrogen) atoms. The molecule has 4 heterocycles. The van der Waals surface area contributed by atoms with Gasteiger partial charge in [0, 0.05) is 37.6 Å². The number of aryl methyl sites for hydroxylation is 1. The number of hydrogen-bond donors (Lipinski definition) is 1. The Labute approximate surface area is 198 Å². The summed E-state index contributed by atoms with van der Waals surface area (Å²) in [6.07, 6.45) is 3.36. The maximum Gasteiger partial charge on any atom is 0.274 e. The second kappa shape index (κ2) is 9.45. The predicted octanol–water partition coefficient (Wildman–Crippen LogP) is 2.65. The highest BCUT2D eigenvalue weighted by Gasteiger charge is 2.35. The van der Waals surface area contributed by atoms with Crippen LogP contribution in [0.1, 0.15) is 27.9 Å². The average Bonchev–Trinajstić information content (AvgIpc) is 3.46. The lowest BCUT2D eigenvalue weighted by atomic mass is 10.0. The molecule has 1 atom stereocenters. The van der Waals surface area contributed by atoms with E-state index in [-0.39, 0.29) is 11.8 Å². The normalized spacial score (nSPS) is 15.4. The number of nitrogens with zero attached hydrogens (tertiary/aromatic N) is 5. The fourth-order valence-corrected chi connectivity index (χ4v) is 5.01. The predicted molar refractivity (Wildman–Crippen MR) is 127 cm³/mol. The molecule has 1 aliphatic heterocycles. The van der Waals surface area contributed by atoms with Crippen molar-refractivity contribution < 1.29 is 18.3 Å². The first-order valence-corrected chi connectivity index (χ1v) is 12.1. The van der Waals surface area contributed by atoms with Crippen LogP contribution in [0.25, 0.3) is 17.0 Å². The summed E-state index contributed by atoms with van der Waals surface area (Å²) in [6, 6.07) is 11.2. The third-order valence-electron chi connectivity index (χ3n) is 5.78. The minimum atomic E-state index is -1.06. The minimum absolute atomic E-state index is 0.0486. The molecule has 5 rings (SSSR count). The monoisotopic (exact) mass is 480 g/mol. The number of fused-ring (bicyclic) bond motifs is 1. The van der Waals surface area contributed by atoms with E-state index in [9.17, 15) is 9.00 Å². The molecular formula is C23H24N6O4S.